The van der Waals surface area contributed by atoms with Crippen molar-refractivity contribution in [2.45, 2.75) is 44.9 Å². The number of hydrogen-bond donors (Lipinski definition) is 1. The van der Waals surface area contributed by atoms with Crippen LogP contribution >= 0.6 is 0 Å². The Hall–Kier alpha value is -1.84. The minimum atomic E-state index is -0.0595. The molecule has 4 fully saturated rings. The highest BCUT2D eigenvalue weighted by molar-refractivity contribution is 5.83. The highest BCUT2D eigenvalue weighted by atomic mass is 16.3. The molecule has 1 aromatic carbocycles. The maximum Gasteiger partial charge on any atom is 0.226 e. The van der Waals surface area contributed by atoms with Gasteiger partial charge in [-0.2, -0.15) is 0 Å². The van der Waals surface area contributed by atoms with Crippen molar-refractivity contribution in [3.63, 3.8) is 0 Å². The topological polar surface area (TPSA) is 55.1 Å². The number of aromatic nitrogens is 1. The first-order valence-electron chi connectivity index (χ1n) is 9.33. The lowest BCUT2D eigenvalue weighted by Crippen LogP contribution is -2.53. The zero-order chi connectivity index (χ0) is 16.1. The van der Waals surface area contributed by atoms with Crippen LogP contribution in [-0.2, 0) is 11.2 Å². The smallest absolute Gasteiger partial charge is 0.226 e. The molecule has 0 unspecified atom stereocenters. The fraction of sp³-hybridized carbons (Fsp3) is 0.600. The summed E-state index contributed by atoms with van der Waals surface area (Å²) in [4.78, 5) is 17.4. The number of nitrogens with one attached hydrogen (secondary N) is 1. The van der Waals surface area contributed by atoms with Gasteiger partial charge in [0, 0.05) is 18.4 Å². The monoisotopic (exact) mass is 324 g/mol. The molecule has 4 saturated carbocycles. The molecule has 6 rings (SSSR count). The van der Waals surface area contributed by atoms with Crippen molar-refractivity contribution in [1.82, 2.24) is 10.3 Å². The molecule has 0 saturated heterocycles. The number of amides is 1. The Labute approximate surface area is 142 Å². The van der Waals surface area contributed by atoms with Crippen LogP contribution in [0.25, 0.3) is 11.1 Å². The van der Waals surface area contributed by atoms with Crippen LogP contribution in [0, 0.1) is 23.2 Å². The van der Waals surface area contributed by atoms with Crippen LogP contribution in [0.5, 0.6) is 0 Å². The van der Waals surface area contributed by atoms with Crippen molar-refractivity contribution < 1.29 is 9.21 Å². The number of para-hydroxylation sites is 2. The molecular formula is C20H24N2O2. The summed E-state index contributed by atoms with van der Waals surface area (Å²) in [5, 5.41) is 3.19. The number of benzene rings is 1. The molecule has 4 aliphatic carbocycles. The van der Waals surface area contributed by atoms with Gasteiger partial charge in [-0.1, -0.05) is 12.1 Å². The standard InChI is InChI=1S/C20H24N2O2/c23-19(20-10-13-7-14(11-20)9-15(8-13)12-20)21-6-5-18-22-16-3-1-2-4-17(16)24-18/h1-4,13-15H,5-12H2,(H,21,23). The Kier molecular flexibility index (Phi) is 3.22. The Morgan fingerprint density at radius 1 is 1.12 bits per heavy atom. The van der Waals surface area contributed by atoms with E-state index in [-0.39, 0.29) is 11.3 Å². The Bertz CT molecular complexity index is 711. The van der Waals surface area contributed by atoms with E-state index in [4.69, 9.17) is 4.42 Å². The average Bonchev–Trinajstić information content (AvgIpc) is 2.96. The van der Waals surface area contributed by atoms with E-state index in [1.54, 1.807) is 0 Å². The fourth-order valence-electron chi connectivity index (χ4n) is 5.89. The molecule has 4 bridgehead atoms. The maximum atomic E-state index is 12.9. The molecule has 126 valence electrons. The van der Waals surface area contributed by atoms with Crippen LogP contribution in [0.4, 0.5) is 0 Å². The van der Waals surface area contributed by atoms with E-state index in [1.165, 1.54) is 19.3 Å². The third kappa shape index (κ3) is 2.35. The van der Waals surface area contributed by atoms with Gasteiger partial charge in [0.25, 0.3) is 0 Å². The third-order valence-corrected chi connectivity index (χ3v) is 6.48. The van der Waals surface area contributed by atoms with Crippen molar-refractivity contribution in [3.05, 3.63) is 30.2 Å². The molecule has 0 spiro atoms. The lowest BCUT2D eigenvalue weighted by Gasteiger charge is -2.55. The van der Waals surface area contributed by atoms with Gasteiger partial charge < -0.3 is 9.73 Å². The third-order valence-electron chi connectivity index (χ3n) is 6.48. The summed E-state index contributed by atoms with van der Waals surface area (Å²) >= 11 is 0. The molecule has 4 aliphatic rings. The quantitative estimate of drug-likeness (QED) is 0.933. The Balaban J connectivity index is 1.23. The minimum Gasteiger partial charge on any atom is -0.441 e. The Morgan fingerprint density at radius 3 is 2.46 bits per heavy atom. The van der Waals surface area contributed by atoms with Crippen molar-refractivity contribution in [3.8, 4) is 0 Å². The zero-order valence-electron chi connectivity index (χ0n) is 14.0. The minimum absolute atomic E-state index is 0.0595. The summed E-state index contributed by atoms with van der Waals surface area (Å²) in [6, 6.07) is 7.80. The van der Waals surface area contributed by atoms with E-state index in [9.17, 15) is 4.79 Å². The molecule has 1 heterocycles. The van der Waals surface area contributed by atoms with E-state index in [2.05, 4.69) is 10.3 Å². The van der Waals surface area contributed by atoms with Gasteiger partial charge in [-0.3, -0.25) is 4.79 Å². The molecule has 4 nitrogen and oxygen atoms in total. The van der Waals surface area contributed by atoms with E-state index in [0.717, 1.165) is 48.1 Å². The first-order chi connectivity index (χ1) is 11.7. The molecule has 1 amide bonds. The maximum absolute atomic E-state index is 12.9. The van der Waals surface area contributed by atoms with E-state index in [0.29, 0.717) is 18.9 Å². The van der Waals surface area contributed by atoms with Gasteiger partial charge >= 0.3 is 0 Å². The second-order valence-electron chi connectivity index (χ2n) is 8.28. The zero-order valence-corrected chi connectivity index (χ0v) is 14.0. The predicted molar refractivity (Wildman–Crippen MR) is 91.3 cm³/mol. The number of carbonyl (C=O) groups is 1. The van der Waals surface area contributed by atoms with Crippen molar-refractivity contribution in [2.24, 2.45) is 23.2 Å². The number of oxazole rings is 1. The van der Waals surface area contributed by atoms with E-state index in [1.807, 2.05) is 24.3 Å². The lowest BCUT2D eigenvalue weighted by molar-refractivity contribution is -0.146. The molecule has 0 aliphatic heterocycles. The second-order valence-corrected chi connectivity index (χ2v) is 8.28. The summed E-state index contributed by atoms with van der Waals surface area (Å²) in [6.45, 7) is 0.618. The van der Waals surface area contributed by atoms with Gasteiger partial charge in [0.1, 0.15) is 5.52 Å². The number of nitrogens with zero attached hydrogens (tertiary/aromatic N) is 1. The molecule has 1 aromatic heterocycles. The van der Waals surface area contributed by atoms with Gasteiger partial charge in [0.2, 0.25) is 5.91 Å². The highest BCUT2D eigenvalue weighted by Crippen LogP contribution is 2.60. The predicted octanol–water partition coefficient (Wildman–Crippen LogP) is 3.70. The van der Waals surface area contributed by atoms with Crippen molar-refractivity contribution >= 4 is 17.0 Å². The summed E-state index contributed by atoms with van der Waals surface area (Å²) in [6.07, 6.45) is 8.13. The summed E-state index contributed by atoms with van der Waals surface area (Å²) < 4.78 is 5.74. The molecule has 4 heteroatoms. The number of hydrogen-bond acceptors (Lipinski definition) is 3. The molecule has 1 N–H and O–H groups in total. The second kappa shape index (κ2) is 5.33. The SMILES string of the molecule is O=C(NCCc1nc2ccccc2o1)C12CC3CC(CC(C3)C1)C2. The molecule has 24 heavy (non-hydrogen) atoms. The van der Waals surface area contributed by atoms with Crippen LogP contribution in [0.2, 0.25) is 0 Å². The van der Waals surface area contributed by atoms with Crippen molar-refractivity contribution in [2.75, 3.05) is 6.54 Å². The average molecular weight is 324 g/mol. The van der Waals surface area contributed by atoms with Crippen LogP contribution in [0.1, 0.15) is 44.4 Å². The number of rotatable bonds is 4. The van der Waals surface area contributed by atoms with Gasteiger partial charge in [0.05, 0.1) is 0 Å². The largest absolute Gasteiger partial charge is 0.441 e. The van der Waals surface area contributed by atoms with Crippen LogP contribution < -0.4 is 5.32 Å². The van der Waals surface area contributed by atoms with Crippen LogP contribution in [0.15, 0.2) is 28.7 Å². The molecular weight excluding hydrogens is 300 g/mol. The van der Waals surface area contributed by atoms with Crippen molar-refractivity contribution in [1.29, 1.82) is 0 Å². The lowest BCUT2D eigenvalue weighted by atomic mass is 9.49. The van der Waals surface area contributed by atoms with Crippen LogP contribution in [0.3, 0.4) is 0 Å². The molecule has 0 radical (unpaired) electrons. The van der Waals surface area contributed by atoms with Gasteiger partial charge in [-0.25, -0.2) is 4.98 Å². The number of carbonyl (C=O) groups excluding carboxylic acids is 1. The first kappa shape index (κ1) is 14.5. The summed E-state index contributed by atoms with van der Waals surface area (Å²) in [7, 11) is 0. The van der Waals surface area contributed by atoms with Gasteiger partial charge in [0.15, 0.2) is 11.5 Å². The molecule has 0 atom stereocenters. The highest BCUT2D eigenvalue weighted by Gasteiger charge is 2.54. The summed E-state index contributed by atoms with van der Waals surface area (Å²) in [5.74, 6) is 3.41. The normalized spacial score (nSPS) is 33.9. The Morgan fingerprint density at radius 2 is 1.79 bits per heavy atom. The fourth-order valence-corrected chi connectivity index (χ4v) is 5.89. The van der Waals surface area contributed by atoms with Gasteiger partial charge in [-0.15, -0.1) is 0 Å². The van der Waals surface area contributed by atoms with E-state index < -0.39 is 0 Å². The van der Waals surface area contributed by atoms with E-state index >= 15 is 0 Å². The number of fused-ring (bicyclic) bond motifs is 1. The summed E-state index contributed by atoms with van der Waals surface area (Å²) in [5.41, 5.74) is 1.65. The molecule has 2 aromatic rings. The first-order valence-corrected chi connectivity index (χ1v) is 9.33. The van der Waals surface area contributed by atoms with Crippen LogP contribution in [-0.4, -0.2) is 17.4 Å². The van der Waals surface area contributed by atoms with Gasteiger partial charge in [-0.05, 0) is 68.4 Å².